The minimum Gasteiger partial charge on any atom is -0.252 e. The molecule has 1 heteroatoms. The predicted octanol–water partition coefficient (Wildman–Crippen LogP) is 6.92. The van der Waals surface area contributed by atoms with Gasteiger partial charge in [-0.2, -0.15) is 0 Å². The van der Waals surface area contributed by atoms with Gasteiger partial charge in [0.05, 0.1) is 11.4 Å². The average Bonchev–Trinajstić information content (AvgIpc) is 2.81. The highest BCUT2D eigenvalue weighted by Gasteiger charge is 2.08. The molecule has 140 valence electrons. The molecule has 0 spiro atoms. The lowest BCUT2D eigenvalue weighted by atomic mass is 10.0. The van der Waals surface area contributed by atoms with Gasteiger partial charge in [-0.25, -0.2) is 0 Å². The average molecular weight is 373 g/mol. The quantitative estimate of drug-likeness (QED) is 0.257. The third-order valence-corrected chi connectivity index (χ3v) is 4.75. The lowest BCUT2D eigenvalue weighted by molar-refractivity contribution is 1.30. The number of benzene rings is 4. The molecule has 0 N–H and O–H groups in total. The number of hydrogen-bond donors (Lipinski definition) is 0. The van der Waals surface area contributed by atoms with Crippen LogP contribution in [0.4, 0.5) is 0 Å². The van der Waals surface area contributed by atoms with Gasteiger partial charge in [0.25, 0.3) is 0 Å². The summed E-state index contributed by atoms with van der Waals surface area (Å²) in [6, 6.07) is 41.7. The molecule has 0 aliphatic rings. The van der Waals surface area contributed by atoms with Crippen LogP contribution in [-0.4, -0.2) is 5.71 Å². The van der Waals surface area contributed by atoms with E-state index in [1.54, 1.807) is 0 Å². The molecular formula is C28H23N. The van der Waals surface area contributed by atoms with Gasteiger partial charge in [0.15, 0.2) is 0 Å². The van der Waals surface area contributed by atoms with Gasteiger partial charge in [-0.3, -0.25) is 4.99 Å². The van der Waals surface area contributed by atoms with E-state index in [1.807, 2.05) is 24.3 Å². The fraction of sp³-hybridized carbons (Fsp3) is 0.0357. The van der Waals surface area contributed by atoms with Gasteiger partial charge in [-0.1, -0.05) is 121 Å². The summed E-state index contributed by atoms with van der Waals surface area (Å²) in [4.78, 5) is 5.18. The first-order chi connectivity index (χ1) is 14.4. The van der Waals surface area contributed by atoms with E-state index in [9.17, 15) is 0 Å². The van der Waals surface area contributed by atoms with Crippen LogP contribution in [-0.2, 0) is 6.42 Å². The van der Waals surface area contributed by atoms with Crippen LogP contribution in [0.1, 0.15) is 22.3 Å². The van der Waals surface area contributed by atoms with E-state index in [4.69, 9.17) is 4.99 Å². The zero-order chi connectivity index (χ0) is 19.7. The van der Waals surface area contributed by atoms with E-state index in [2.05, 4.69) is 103 Å². The Balaban J connectivity index is 1.82. The van der Waals surface area contributed by atoms with Gasteiger partial charge in [0.2, 0.25) is 0 Å². The molecule has 1 nitrogen and oxygen atoms in total. The maximum absolute atomic E-state index is 5.18. The molecule has 0 heterocycles. The first-order valence-corrected chi connectivity index (χ1v) is 9.87. The molecule has 0 fully saturated rings. The summed E-state index contributed by atoms with van der Waals surface area (Å²) < 4.78 is 0. The van der Waals surface area contributed by atoms with Crippen LogP contribution >= 0.6 is 0 Å². The molecule has 0 aliphatic heterocycles. The second-order valence-corrected chi connectivity index (χ2v) is 6.89. The number of rotatable bonds is 6. The monoisotopic (exact) mass is 373 g/mol. The summed E-state index contributed by atoms with van der Waals surface area (Å²) in [7, 11) is 0. The lowest BCUT2D eigenvalue weighted by Crippen LogP contribution is -2.06. The molecule has 29 heavy (non-hydrogen) atoms. The second-order valence-electron chi connectivity index (χ2n) is 6.89. The first-order valence-electron chi connectivity index (χ1n) is 9.87. The minimum atomic E-state index is 0.782. The van der Waals surface area contributed by atoms with Gasteiger partial charge in [-0.05, 0) is 22.8 Å². The number of aliphatic imine (C=N–C) groups is 1. The fourth-order valence-corrected chi connectivity index (χ4v) is 3.27. The summed E-state index contributed by atoms with van der Waals surface area (Å²) in [5.74, 6) is 0. The van der Waals surface area contributed by atoms with Gasteiger partial charge < -0.3 is 0 Å². The summed E-state index contributed by atoms with van der Waals surface area (Å²) >= 11 is 0. The van der Waals surface area contributed by atoms with E-state index in [-0.39, 0.29) is 0 Å². The SMILES string of the molecule is C(=C(/N=C(Cc1ccccc1)c1ccccc1)c1ccccc1)/c1ccccc1. The summed E-state index contributed by atoms with van der Waals surface area (Å²) in [5.41, 5.74) is 6.67. The first kappa shape index (κ1) is 18.6. The molecule has 0 aromatic heterocycles. The highest BCUT2D eigenvalue weighted by atomic mass is 14.8. The highest BCUT2D eigenvalue weighted by molar-refractivity contribution is 6.05. The molecule has 0 saturated heterocycles. The molecule has 4 aromatic carbocycles. The Hall–Kier alpha value is -3.71. The Morgan fingerprint density at radius 2 is 1.03 bits per heavy atom. The van der Waals surface area contributed by atoms with E-state index in [0.29, 0.717) is 0 Å². The fourth-order valence-electron chi connectivity index (χ4n) is 3.27. The number of hydrogen-bond acceptors (Lipinski definition) is 1. The van der Waals surface area contributed by atoms with Crippen LogP contribution in [0, 0.1) is 0 Å². The van der Waals surface area contributed by atoms with Crippen LogP contribution < -0.4 is 0 Å². The van der Waals surface area contributed by atoms with Gasteiger partial charge in [0, 0.05) is 12.0 Å². The van der Waals surface area contributed by atoms with Crippen molar-refractivity contribution in [3.05, 3.63) is 144 Å². The standard InChI is InChI=1S/C28H23N/c1-5-13-23(14-6-1)21-27(25-17-9-3-10-18-25)29-28(26-19-11-4-12-20-26)22-24-15-7-2-8-16-24/h1-21H,22H2/b27-21-,29-28?. The van der Waals surface area contributed by atoms with Crippen molar-refractivity contribution in [1.29, 1.82) is 0 Å². The highest BCUT2D eigenvalue weighted by Crippen LogP contribution is 2.22. The Morgan fingerprint density at radius 1 is 0.552 bits per heavy atom. The summed E-state index contributed by atoms with van der Waals surface area (Å²) in [6.07, 6.45) is 2.94. The molecular weight excluding hydrogens is 350 g/mol. The van der Waals surface area contributed by atoms with Crippen LogP contribution in [0.25, 0.3) is 11.8 Å². The zero-order valence-electron chi connectivity index (χ0n) is 16.3. The summed E-state index contributed by atoms with van der Waals surface area (Å²) in [5, 5.41) is 0. The van der Waals surface area contributed by atoms with E-state index in [1.165, 1.54) is 5.56 Å². The number of nitrogens with zero attached hydrogens (tertiary/aromatic N) is 1. The van der Waals surface area contributed by atoms with Gasteiger partial charge in [-0.15, -0.1) is 0 Å². The molecule has 0 bridgehead atoms. The zero-order valence-corrected chi connectivity index (χ0v) is 16.3. The molecule has 0 radical (unpaired) electrons. The maximum atomic E-state index is 5.18. The molecule has 0 atom stereocenters. The third kappa shape index (κ3) is 5.18. The topological polar surface area (TPSA) is 12.4 Å². The maximum Gasteiger partial charge on any atom is 0.0711 e. The van der Waals surface area contributed by atoms with Crippen molar-refractivity contribution >= 4 is 17.5 Å². The van der Waals surface area contributed by atoms with Crippen molar-refractivity contribution in [2.75, 3.05) is 0 Å². The van der Waals surface area contributed by atoms with Crippen molar-refractivity contribution in [3.8, 4) is 0 Å². The normalized spacial score (nSPS) is 12.0. The van der Waals surface area contributed by atoms with Crippen molar-refractivity contribution in [2.24, 2.45) is 4.99 Å². The Labute approximate surface area is 172 Å². The van der Waals surface area contributed by atoms with Crippen LogP contribution in [0.3, 0.4) is 0 Å². The van der Waals surface area contributed by atoms with Crippen LogP contribution in [0.5, 0.6) is 0 Å². The molecule has 0 amide bonds. The van der Waals surface area contributed by atoms with Crippen LogP contribution in [0.2, 0.25) is 0 Å². The van der Waals surface area contributed by atoms with Gasteiger partial charge >= 0.3 is 0 Å². The third-order valence-electron chi connectivity index (χ3n) is 4.75. The van der Waals surface area contributed by atoms with Crippen molar-refractivity contribution < 1.29 is 0 Å². The van der Waals surface area contributed by atoms with Crippen molar-refractivity contribution in [1.82, 2.24) is 0 Å². The van der Waals surface area contributed by atoms with E-state index in [0.717, 1.165) is 34.5 Å². The lowest BCUT2D eigenvalue weighted by Gasteiger charge is -2.10. The Kier molecular flexibility index (Phi) is 6.09. The smallest absolute Gasteiger partial charge is 0.0711 e. The molecule has 0 saturated carbocycles. The van der Waals surface area contributed by atoms with Crippen molar-refractivity contribution in [2.45, 2.75) is 6.42 Å². The predicted molar refractivity (Wildman–Crippen MR) is 124 cm³/mol. The van der Waals surface area contributed by atoms with Crippen molar-refractivity contribution in [3.63, 3.8) is 0 Å². The molecule has 0 aliphatic carbocycles. The molecule has 0 unspecified atom stereocenters. The van der Waals surface area contributed by atoms with Gasteiger partial charge in [0.1, 0.15) is 0 Å². The van der Waals surface area contributed by atoms with E-state index < -0.39 is 0 Å². The largest absolute Gasteiger partial charge is 0.252 e. The Morgan fingerprint density at radius 3 is 1.62 bits per heavy atom. The van der Waals surface area contributed by atoms with Crippen LogP contribution in [0.15, 0.2) is 126 Å². The molecule has 4 rings (SSSR count). The second kappa shape index (κ2) is 9.48. The Bertz CT molecular complexity index is 1080. The summed E-state index contributed by atoms with van der Waals surface area (Å²) in [6.45, 7) is 0. The van der Waals surface area contributed by atoms with E-state index >= 15 is 0 Å². The molecule has 4 aromatic rings. The minimum absolute atomic E-state index is 0.782.